The third-order valence-electron chi connectivity index (χ3n) is 5.51. The van der Waals surface area contributed by atoms with Gasteiger partial charge in [-0.25, -0.2) is 13.8 Å². The molecule has 172 valence electrons. The Kier molecular flexibility index (Phi) is 5.85. The van der Waals surface area contributed by atoms with Crippen molar-refractivity contribution in [1.82, 2.24) is 30.1 Å². The standard InChI is InChI=1S/C25H23F2N7/c1-33(2)13-16-6-8-17(9-7-16)21-11-10-18(31-32-21)14-34-15-23-22(12-28-34)29-25(30-23)19-4-3-5-20(26)24(19)27/h3-12H,13-15H2,1-2H3,(H,29,30). The highest BCUT2D eigenvalue weighted by atomic mass is 19.2. The summed E-state index contributed by atoms with van der Waals surface area (Å²) in [4.78, 5) is 9.58. The molecule has 9 heteroatoms. The summed E-state index contributed by atoms with van der Waals surface area (Å²) in [6.45, 7) is 1.78. The summed E-state index contributed by atoms with van der Waals surface area (Å²) >= 11 is 0. The lowest BCUT2D eigenvalue weighted by Crippen LogP contribution is -2.22. The number of nitrogens with one attached hydrogen (secondary N) is 1. The second-order valence-corrected chi connectivity index (χ2v) is 8.46. The monoisotopic (exact) mass is 459 g/mol. The summed E-state index contributed by atoms with van der Waals surface area (Å²) in [5.41, 5.74) is 5.29. The van der Waals surface area contributed by atoms with Crippen LogP contribution < -0.4 is 0 Å². The second-order valence-electron chi connectivity index (χ2n) is 8.46. The van der Waals surface area contributed by atoms with Crippen LogP contribution in [-0.4, -0.2) is 50.4 Å². The summed E-state index contributed by atoms with van der Waals surface area (Å²) in [6.07, 6.45) is 1.60. The molecule has 0 bridgehead atoms. The average molecular weight is 460 g/mol. The molecule has 4 aromatic rings. The molecule has 1 aliphatic rings. The summed E-state index contributed by atoms with van der Waals surface area (Å²) < 4.78 is 27.7. The van der Waals surface area contributed by atoms with Crippen molar-refractivity contribution in [2.75, 3.05) is 14.1 Å². The van der Waals surface area contributed by atoms with E-state index in [9.17, 15) is 8.78 Å². The maximum absolute atomic E-state index is 14.1. The van der Waals surface area contributed by atoms with Crippen LogP contribution in [0.3, 0.4) is 0 Å². The molecule has 0 atom stereocenters. The van der Waals surface area contributed by atoms with Gasteiger partial charge >= 0.3 is 0 Å². The molecule has 0 radical (unpaired) electrons. The highest BCUT2D eigenvalue weighted by Crippen LogP contribution is 2.25. The zero-order valence-corrected chi connectivity index (χ0v) is 18.8. The van der Waals surface area contributed by atoms with Gasteiger partial charge in [-0.05, 0) is 43.9 Å². The Morgan fingerprint density at radius 3 is 2.56 bits per heavy atom. The van der Waals surface area contributed by atoms with Crippen LogP contribution >= 0.6 is 0 Å². The molecule has 0 saturated heterocycles. The number of hydrazone groups is 1. The van der Waals surface area contributed by atoms with Gasteiger partial charge in [-0.3, -0.25) is 5.01 Å². The molecule has 34 heavy (non-hydrogen) atoms. The number of aromatic nitrogens is 4. The zero-order chi connectivity index (χ0) is 23.7. The number of rotatable bonds is 6. The minimum Gasteiger partial charge on any atom is -0.340 e. The highest BCUT2D eigenvalue weighted by molar-refractivity contribution is 5.80. The number of hydrogen-bond donors (Lipinski definition) is 1. The number of H-pyrrole nitrogens is 1. The van der Waals surface area contributed by atoms with Crippen molar-refractivity contribution in [3.8, 4) is 22.6 Å². The molecule has 0 spiro atoms. The number of aromatic amines is 1. The molecule has 2 aromatic carbocycles. The lowest BCUT2D eigenvalue weighted by Gasteiger charge is -2.20. The Morgan fingerprint density at radius 2 is 1.82 bits per heavy atom. The molecule has 1 aliphatic heterocycles. The Hall–Kier alpha value is -3.98. The lowest BCUT2D eigenvalue weighted by molar-refractivity contribution is 0.261. The van der Waals surface area contributed by atoms with E-state index in [1.54, 1.807) is 6.21 Å². The highest BCUT2D eigenvalue weighted by Gasteiger charge is 2.20. The summed E-state index contributed by atoms with van der Waals surface area (Å²) in [7, 11) is 4.08. The fourth-order valence-corrected chi connectivity index (χ4v) is 3.85. The molecule has 0 aliphatic carbocycles. The number of benzene rings is 2. The lowest BCUT2D eigenvalue weighted by atomic mass is 10.1. The van der Waals surface area contributed by atoms with Crippen molar-refractivity contribution < 1.29 is 8.78 Å². The SMILES string of the molecule is CN(C)Cc1ccc(-c2ccc(CN3Cc4[nH]c(-c5cccc(F)c5F)nc4C=N3)nn2)cc1. The number of fused-ring (bicyclic) bond motifs is 1. The molecule has 5 rings (SSSR count). The second kappa shape index (κ2) is 9.11. The average Bonchev–Trinajstić information content (AvgIpc) is 3.25. The molecule has 1 N–H and O–H groups in total. The van der Waals surface area contributed by atoms with E-state index < -0.39 is 11.6 Å². The minimum atomic E-state index is -0.926. The van der Waals surface area contributed by atoms with Gasteiger partial charge in [-0.1, -0.05) is 30.3 Å². The van der Waals surface area contributed by atoms with Gasteiger partial charge < -0.3 is 9.88 Å². The van der Waals surface area contributed by atoms with Crippen LogP contribution in [-0.2, 0) is 19.6 Å². The maximum Gasteiger partial charge on any atom is 0.169 e. The van der Waals surface area contributed by atoms with Crippen molar-refractivity contribution in [2.45, 2.75) is 19.6 Å². The van der Waals surface area contributed by atoms with Crippen LogP contribution in [0.5, 0.6) is 0 Å². The van der Waals surface area contributed by atoms with E-state index in [2.05, 4.69) is 54.4 Å². The van der Waals surface area contributed by atoms with Crippen molar-refractivity contribution >= 4 is 6.21 Å². The fraction of sp³-hybridized carbons (Fsp3) is 0.200. The quantitative estimate of drug-likeness (QED) is 0.467. The summed E-state index contributed by atoms with van der Waals surface area (Å²) in [6, 6.07) is 16.2. The number of imidazole rings is 1. The number of halogens is 2. The molecule has 3 heterocycles. The van der Waals surface area contributed by atoms with Crippen LogP contribution in [0, 0.1) is 11.6 Å². The van der Waals surface area contributed by atoms with Gasteiger partial charge in [0.05, 0.1) is 41.9 Å². The first-order valence-corrected chi connectivity index (χ1v) is 10.8. The molecule has 7 nitrogen and oxygen atoms in total. The van der Waals surface area contributed by atoms with Crippen molar-refractivity contribution in [2.24, 2.45) is 5.10 Å². The van der Waals surface area contributed by atoms with E-state index in [0.29, 0.717) is 18.8 Å². The number of nitrogens with zero attached hydrogens (tertiary/aromatic N) is 6. The van der Waals surface area contributed by atoms with E-state index in [4.69, 9.17) is 0 Å². The first-order valence-electron chi connectivity index (χ1n) is 10.8. The van der Waals surface area contributed by atoms with E-state index >= 15 is 0 Å². The molecule has 0 unspecified atom stereocenters. The van der Waals surface area contributed by atoms with Crippen molar-refractivity contribution in [3.63, 3.8) is 0 Å². The Bertz CT molecular complexity index is 1330. The molecule has 0 amide bonds. The molecule has 0 saturated carbocycles. The van der Waals surface area contributed by atoms with E-state index in [1.165, 1.54) is 17.7 Å². The Labute approximate surface area is 195 Å². The predicted molar refractivity (Wildman–Crippen MR) is 126 cm³/mol. The maximum atomic E-state index is 14.1. The van der Waals surface area contributed by atoms with Crippen LogP contribution in [0.15, 0.2) is 59.7 Å². The van der Waals surface area contributed by atoms with Crippen LogP contribution in [0.1, 0.15) is 22.6 Å². The third kappa shape index (κ3) is 4.55. The third-order valence-corrected chi connectivity index (χ3v) is 5.51. The first-order chi connectivity index (χ1) is 16.5. The van der Waals surface area contributed by atoms with Gasteiger partial charge in [0.2, 0.25) is 0 Å². The Morgan fingerprint density at radius 1 is 1.00 bits per heavy atom. The van der Waals surface area contributed by atoms with Gasteiger partial charge in [-0.2, -0.15) is 15.3 Å². The van der Waals surface area contributed by atoms with Gasteiger partial charge in [-0.15, -0.1) is 0 Å². The van der Waals surface area contributed by atoms with Gasteiger partial charge in [0.1, 0.15) is 11.5 Å². The number of hydrogen-bond acceptors (Lipinski definition) is 6. The minimum absolute atomic E-state index is 0.0885. The first kappa shape index (κ1) is 21.8. The van der Waals surface area contributed by atoms with Gasteiger partial charge in [0.15, 0.2) is 11.6 Å². The molecule has 2 aromatic heterocycles. The van der Waals surface area contributed by atoms with E-state index in [0.717, 1.165) is 35.3 Å². The predicted octanol–water partition coefficient (Wildman–Crippen LogP) is 4.22. The smallest absolute Gasteiger partial charge is 0.169 e. The van der Waals surface area contributed by atoms with Crippen molar-refractivity contribution in [3.05, 3.63) is 88.9 Å². The van der Waals surface area contributed by atoms with E-state index in [-0.39, 0.29) is 11.4 Å². The summed E-state index contributed by atoms with van der Waals surface area (Å²) in [5.74, 6) is -1.56. The Balaban J connectivity index is 1.26. The van der Waals surface area contributed by atoms with Crippen LogP contribution in [0.4, 0.5) is 8.78 Å². The largest absolute Gasteiger partial charge is 0.340 e. The van der Waals surface area contributed by atoms with Crippen LogP contribution in [0.2, 0.25) is 0 Å². The van der Waals surface area contributed by atoms with Crippen molar-refractivity contribution in [1.29, 1.82) is 0 Å². The van der Waals surface area contributed by atoms with Gasteiger partial charge in [0.25, 0.3) is 0 Å². The molecule has 0 fully saturated rings. The van der Waals surface area contributed by atoms with Gasteiger partial charge in [0, 0.05) is 12.1 Å². The molecular weight excluding hydrogens is 436 g/mol. The summed E-state index contributed by atoms with van der Waals surface area (Å²) in [5, 5.41) is 15.0. The fourth-order valence-electron chi connectivity index (χ4n) is 3.85. The molecular formula is C25H23F2N7. The van der Waals surface area contributed by atoms with Crippen LogP contribution in [0.25, 0.3) is 22.6 Å². The topological polar surface area (TPSA) is 73.3 Å². The van der Waals surface area contributed by atoms with E-state index in [1.807, 2.05) is 31.2 Å². The normalized spacial score (nSPS) is 12.9. The zero-order valence-electron chi connectivity index (χ0n) is 18.8.